The van der Waals surface area contributed by atoms with E-state index in [1.54, 1.807) is 12.1 Å². The molecule has 2 rings (SSSR count). The van der Waals surface area contributed by atoms with E-state index in [0.29, 0.717) is 11.5 Å². The van der Waals surface area contributed by atoms with Crippen LogP contribution in [0.5, 0.6) is 5.75 Å². The SMILES string of the molecule is Fc1ccccc1SCCOc1ccc(Br)cc1. The van der Waals surface area contributed by atoms with Crippen molar-refractivity contribution in [1.29, 1.82) is 0 Å². The molecule has 4 heteroatoms. The lowest BCUT2D eigenvalue weighted by Gasteiger charge is -2.06. The predicted molar refractivity (Wildman–Crippen MR) is 76.8 cm³/mol. The average Bonchev–Trinajstić information content (AvgIpc) is 2.39. The van der Waals surface area contributed by atoms with Crippen molar-refractivity contribution in [1.82, 2.24) is 0 Å². The summed E-state index contributed by atoms with van der Waals surface area (Å²) in [6.45, 7) is 0.556. The van der Waals surface area contributed by atoms with Crippen LogP contribution in [-0.2, 0) is 0 Å². The standard InChI is InChI=1S/C14H12BrFOS/c15-11-5-7-12(8-6-11)17-9-10-18-14-4-2-1-3-13(14)16/h1-8H,9-10H2. The van der Waals surface area contributed by atoms with Gasteiger partial charge in [0.05, 0.1) is 6.61 Å². The quantitative estimate of drug-likeness (QED) is 0.578. The highest BCUT2D eigenvalue weighted by molar-refractivity contribution is 9.10. The van der Waals surface area contributed by atoms with Gasteiger partial charge in [-0.3, -0.25) is 0 Å². The Bertz CT molecular complexity index is 501. The molecule has 94 valence electrons. The maximum absolute atomic E-state index is 13.3. The van der Waals surface area contributed by atoms with E-state index >= 15 is 0 Å². The van der Waals surface area contributed by atoms with Gasteiger partial charge in [-0.2, -0.15) is 0 Å². The van der Waals surface area contributed by atoms with Crippen LogP contribution in [0, 0.1) is 5.82 Å². The zero-order chi connectivity index (χ0) is 12.8. The van der Waals surface area contributed by atoms with E-state index in [1.807, 2.05) is 30.3 Å². The molecule has 0 atom stereocenters. The largest absolute Gasteiger partial charge is 0.493 e. The Morgan fingerprint density at radius 1 is 1.06 bits per heavy atom. The van der Waals surface area contributed by atoms with Gasteiger partial charge in [-0.25, -0.2) is 4.39 Å². The second-order valence-electron chi connectivity index (χ2n) is 3.58. The van der Waals surface area contributed by atoms with Crippen molar-refractivity contribution in [3.8, 4) is 5.75 Å². The van der Waals surface area contributed by atoms with Gasteiger partial charge >= 0.3 is 0 Å². The van der Waals surface area contributed by atoms with Crippen LogP contribution in [0.2, 0.25) is 0 Å². The Morgan fingerprint density at radius 2 is 1.78 bits per heavy atom. The molecule has 0 radical (unpaired) electrons. The first kappa shape index (κ1) is 13.4. The molecule has 0 unspecified atom stereocenters. The van der Waals surface area contributed by atoms with Crippen molar-refractivity contribution >= 4 is 27.7 Å². The van der Waals surface area contributed by atoms with Gasteiger partial charge in [-0.1, -0.05) is 28.1 Å². The normalized spacial score (nSPS) is 10.3. The van der Waals surface area contributed by atoms with E-state index in [1.165, 1.54) is 17.8 Å². The summed E-state index contributed by atoms with van der Waals surface area (Å²) in [7, 11) is 0. The molecule has 0 heterocycles. The van der Waals surface area contributed by atoms with Gasteiger partial charge in [0.1, 0.15) is 11.6 Å². The molecule has 2 aromatic rings. The lowest BCUT2D eigenvalue weighted by Crippen LogP contribution is -2.00. The average molecular weight is 327 g/mol. The van der Waals surface area contributed by atoms with E-state index in [0.717, 1.165) is 16.0 Å². The second-order valence-corrected chi connectivity index (χ2v) is 5.63. The van der Waals surface area contributed by atoms with Crippen LogP contribution in [0.4, 0.5) is 4.39 Å². The first-order valence-corrected chi connectivity index (χ1v) is 7.29. The Morgan fingerprint density at radius 3 is 2.50 bits per heavy atom. The predicted octanol–water partition coefficient (Wildman–Crippen LogP) is 4.76. The molecule has 0 spiro atoms. The topological polar surface area (TPSA) is 9.23 Å². The third-order valence-corrected chi connectivity index (χ3v) is 3.80. The van der Waals surface area contributed by atoms with Crippen molar-refractivity contribution in [3.63, 3.8) is 0 Å². The number of ether oxygens (including phenoxy) is 1. The Balaban J connectivity index is 1.76. The smallest absolute Gasteiger partial charge is 0.136 e. The minimum Gasteiger partial charge on any atom is -0.493 e. The zero-order valence-electron chi connectivity index (χ0n) is 9.61. The van der Waals surface area contributed by atoms with Crippen molar-refractivity contribution in [3.05, 3.63) is 58.8 Å². The summed E-state index contributed by atoms with van der Waals surface area (Å²) >= 11 is 4.82. The fourth-order valence-electron chi connectivity index (χ4n) is 1.40. The highest BCUT2D eigenvalue weighted by Crippen LogP contribution is 2.21. The number of hydrogen-bond donors (Lipinski definition) is 0. The van der Waals surface area contributed by atoms with Crippen LogP contribution >= 0.6 is 27.7 Å². The van der Waals surface area contributed by atoms with Gasteiger partial charge in [-0.05, 0) is 36.4 Å². The molecule has 1 nitrogen and oxygen atoms in total. The van der Waals surface area contributed by atoms with Gasteiger partial charge in [0.2, 0.25) is 0 Å². The monoisotopic (exact) mass is 326 g/mol. The first-order valence-electron chi connectivity index (χ1n) is 5.51. The Kier molecular flexibility index (Phi) is 5.08. The number of halogens is 2. The van der Waals surface area contributed by atoms with Crippen LogP contribution in [0.3, 0.4) is 0 Å². The van der Waals surface area contributed by atoms with Gasteiger partial charge in [0.15, 0.2) is 0 Å². The van der Waals surface area contributed by atoms with E-state index in [-0.39, 0.29) is 5.82 Å². The maximum Gasteiger partial charge on any atom is 0.136 e. The molecule has 0 N–H and O–H groups in total. The third kappa shape index (κ3) is 4.03. The van der Waals surface area contributed by atoms with Crippen LogP contribution < -0.4 is 4.74 Å². The summed E-state index contributed by atoms with van der Waals surface area (Å²) in [5, 5.41) is 0. The molecule has 0 aromatic heterocycles. The molecule has 0 amide bonds. The summed E-state index contributed by atoms with van der Waals surface area (Å²) in [6.07, 6.45) is 0. The lowest BCUT2D eigenvalue weighted by molar-refractivity contribution is 0.344. The molecule has 0 saturated carbocycles. The minimum absolute atomic E-state index is 0.175. The molecule has 0 saturated heterocycles. The van der Waals surface area contributed by atoms with Gasteiger partial charge < -0.3 is 4.74 Å². The molecule has 0 aliphatic rings. The minimum atomic E-state index is -0.175. The summed E-state index contributed by atoms with van der Waals surface area (Å²) in [4.78, 5) is 0.664. The highest BCUT2D eigenvalue weighted by Gasteiger charge is 2.01. The molecule has 2 aromatic carbocycles. The Hall–Kier alpha value is -1.00. The number of benzene rings is 2. The van der Waals surface area contributed by atoms with Crippen molar-refractivity contribution in [2.45, 2.75) is 4.90 Å². The molecule has 0 aliphatic heterocycles. The fraction of sp³-hybridized carbons (Fsp3) is 0.143. The van der Waals surface area contributed by atoms with E-state index in [4.69, 9.17) is 4.74 Å². The molecule has 0 fully saturated rings. The van der Waals surface area contributed by atoms with Crippen LogP contribution in [0.15, 0.2) is 57.9 Å². The van der Waals surface area contributed by atoms with Crippen molar-refractivity contribution in [2.75, 3.05) is 12.4 Å². The molecular formula is C14H12BrFOS. The third-order valence-electron chi connectivity index (χ3n) is 2.26. The second kappa shape index (κ2) is 6.81. The van der Waals surface area contributed by atoms with E-state index in [2.05, 4.69) is 15.9 Å². The molecular weight excluding hydrogens is 315 g/mol. The lowest BCUT2D eigenvalue weighted by atomic mass is 10.3. The van der Waals surface area contributed by atoms with Crippen molar-refractivity contribution in [2.24, 2.45) is 0 Å². The maximum atomic E-state index is 13.3. The summed E-state index contributed by atoms with van der Waals surface area (Å²) in [6, 6.07) is 14.4. The Labute approximate surface area is 118 Å². The van der Waals surface area contributed by atoms with Crippen LogP contribution in [0.1, 0.15) is 0 Å². The molecule has 0 bridgehead atoms. The first-order chi connectivity index (χ1) is 8.75. The zero-order valence-corrected chi connectivity index (χ0v) is 12.0. The van der Waals surface area contributed by atoms with Crippen LogP contribution in [0.25, 0.3) is 0 Å². The van der Waals surface area contributed by atoms with Gasteiger partial charge in [-0.15, -0.1) is 11.8 Å². The molecule has 0 aliphatic carbocycles. The van der Waals surface area contributed by atoms with E-state index < -0.39 is 0 Å². The summed E-state index contributed by atoms with van der Waals surface area (Å²) in [5.41, 5.74) is 0. The highest BCUT2D eigenvalue weighted by atomic mass is 79.9. The van der Waals surface area contributed by atoms with E-state index in [9.17, 15) is 4.39 Å². The van der Waals surface area contributed by atoms with Gasteiger partial charge in [0, 0.05) is 15.1 Å². The van der Waals surface area contributed by atoms with Crippen LogP contribution in [-0.4, -0.2) is 12.4 Å². The number of hydrogen-bond acceptors (Lipinski definition) is 2. The summed E-state index contributed by atoms with van der Waals surface area (Å²) < 4.78 is 19.9. The number of rotatable bonds is 5. The summed E-state index contributed by atoms with van der Waals surface area (Å²) in [5.74, 6) is 1.37. The van der Waals surface area contributed by atoms with Gasteiger partial charge in [0.25, 0.3) is 0 Å². The molecule has 18 heavy (non-hydrogen) atoms. The van der Waals surface area contributed by atoms with Crippen molar-refractivity contribution < 1.29 is 9.13 Å². The fourth-order valence-corrected chi connectivity index (χ4v) is 2.44. The number of thioether (sulfide) groups is 1.